The second kappa shape index (κ2) is 9.86. The van der Waals surface area contributed by atoms with Crippen molar-refractivity contribution in [3.8, 4) is 0 Å². The number of nitro benzene ring substituents is 2. The van der Waals surface area contributed by atoms with Crippen LogP contribution in [-0.2, 0) is 21.1 Å². The van der Waals surface area contributed by atoms with E-state index >= 15 is 0 Å². The van der Waals surface area contributed by atoms with Gasteiger partial charge in [-0.05, 0) is 6.07 Å². The molecule has 0 amide bonds. The molecule has 0 aliphatic heterocycles. The second-order valence-electron chi connectivity index (χ2n) is 5.57. The van der Waals surface area contributed by atoms with Crippen molar-refractivity contribution in [2.75, 3.05) is 6.79 Å². The van der Waals surface area contributed by atoms with E-state index in [2.05, 4.69) is 14.5 Å². The maximum atomic E-state index is 12.0. The van der Waals surface area contributed by atoms with E-state index < -0.39 is 69.2 Å². The zero-order valence-electron chi connectivity index (χ0n) is 15.2. The van der Waals surface area contributed by atoms with Crippen LogP contribution in [0.4, 0.5) is 11.4 Å². The van der Waals surface area contributed by atoms with E-state index in [1.807, 2.05) is 0 Å². The lowest BCUT2D eigenvalue weighted by atomic mass is 10.1. The van der Waals surface area contributed by atoms with Crippen LogP contribution in [0.3, 0.4) is 0 Å². The average Bonchev–Trinajstić information content (AvgIpc) is 2.72. The van der Waals surface area contributed by atoms with Crippen LogP contribution in [0.15, 0.2) is 36.4 Å². The van der Waals surface area contributed by atoms with Crippen LogP contribution in [0.1, 0.15) is 36.6 Å². The molecular weight excluding hydrogens is 424 g/mol. The van der Waals surface area contributed by atoms with Gasteiger partial charge in [-0.1, -0.05) is 18.2 Å². The fourth-order valence-electron chi connectivity index (χ4n) is 2.49. The van der Waals surface area contributed by atoms with Gasteiger partial charge in [-0.2, -0.15) is 4.89 Å². The molecule has 0 aliphatic carbocycles. The van der Waals surface area contributed by atoms with Gasteiger partial charge in [0.05, 0.1) is 15.4 Å². The summed E-state index contributed by atoms with van der Waals surface area (Å²) in [5.41, 5.74) is -3.66. The monoisotopic (exact) mass is 436 g/mol. The number of nitro groups is 2. The minimum atomic E-state index is -1.72. The number of carboxylic acid groups (broad SMARTS) is 2. The van der Waals surface area contributed by atoms with Crippen molar-refractivity contribution in [2.45, 2.75) is 6.61 Å². The van der Waals surface area contributed by atoms with E-state index in [0.29, 0.717) is 0 Å². The molecule has 31 heavy (non-hydrogen) atoms. The van der Waals surface area contributed by atoms with Crippen molar-refractivity contribution in [1.29, 1.82) is 0 Å². The van der Waals surface area contributed by atoms with Gasteiger partial charge in [0, 0.05) is 17.7 Å². The Balaban J connectivity index is 2.02. The molecule has 0 fully saturated rings. The van der Waals surface area contributed by atoms with Crippen LogP contribution in [0.2, 0.25) is 0 Å². The minimum Gasteiger partial charge on any atom is -0.477 e. The summed E-state index contributed by atoms with van der Waals surface area (Å²) in [5, 5.41) is 40.2. The van der Waals surface area contributed by atoms with Crippen LogP contribution >= 0.6 is 0 Å². The molecule has 0 radical (unpaired) electrons. The summed E-state index contributed by atoms with van der Waals surface area (Å²) in [4.78, 5) is 63.9. The van der Waals surface area contributed by atoms with Gasteiger partial charge in [-0.25, -0.2) is 19.3 Å². The summed E-state index contributed by atoms with van der Waals surface area (Å²) >= 11 is 0. The van der Waals surface area contributed by atoms with E-state index in [1.54, 1.807) is 0 Å². The highest BCUT2D eigenvalue weighted by Crippen LogP contribution is 2.24. The minimum absolute atomic E-state index is 0.0973. The number of hydrogen-bond acceptors (Lipinski definition) is 10. The predicted octanol–water partition coefficient (Wildman–Crippen LogP) is 2.16. The Kier molecular flexibility index (Phi) is 7.27. The summed E-state index contributed by atoms with van der Waals surface area (Å²) < 4.78 is 4.63. The lowest BCUT2D eigenvalue weighted by Crippen LogP contribution is -2.15. The van der Waals surface area contributed by atoms with Gasteiger partial charge in [0.15, 0.2) is 5.56 Å². The van der Waals surface area contributed by atoms with Gasteiger partial charge in [0.2, 0.25) is 6.79 Å². The highest BCUT2D eigenvalue weighted by atomic mass is 17.2. The summed E-state index contributed by atoms with van der Waals surface area (Å²) in [6.07, 6.45) is 0. The zero-order valence-corrected chi connectivity index (χ0v) is 15.2. The van der Waals surface area contributed by atoms with Gasteiger partial charge >= 0.3 is 17.9 Å². The molecule has 14 heteroatoms. The molecule has 2 aromatic rings. The molecule has 0 bridgehead atoms. The smallest absolute Gasteiger partial charge is 0.343 e. The van der Waals surface area contributed by atoms with Crippen molar-refractivity contribution in [1.82, 2.24) is 0 Å². The second-order valence-corrected chi connectivity index (χ2v) is 5.57. The molecule has 0 spiro atoms. The Morgan fingerprint density at radius 3 is 1.94 bits per heavy atom. The molecule has 0 unspecified atom stereocenters. The number of nitrogens with zero attached hydrogens (tertiary/aromatic N) is 2. The molecule has 2 rings (SSSR count). The van der Waals surface area contributed by atoms with Crippen LogP contribution in [0.5, 0.6) is 0 Å². The molecule has 0 aromatic heterocycles. The number of aromatic carboxylic acids is 2. The molecule has 0 saturated carbocycles. The Morgan fingerprint density at radius 1 is 0.839 bits per heavy atom. The van der Waals surface area contributed by atoms with E-state index in [0.717, 1.165) is 24.3 Å². The summed E-state index contributed by atoms with van der Waals surface area (Å²) in [5.74, 6) is -4.54. The standard InChI is InChI=1S/C17H12N2O12/c20-15(21)13-9(3-1-5-11(13)18(25)26)7-30-31-8-29-17(24)10-4-2-6-12(19(27)28)14(10)16(22)23/h1-6H,7-8H2,(H,20,21)(H,22,23). The topological polar surface area (TPSA) is 206 Å². The van der Waals surface area contributed by atoms with E-state index in [1.165, 1.54) is 12.1 Å². The molecule has 2 aromatic carbocycles. The van der Waals surface area contributed by atoms with Crippen molar-refractivity contribution in [3.63, 3.8) is 0 Å². The maximum Gasteiger partial charge on any atom is 0.343 e. The third-order valence-electron chi connectivity index (χ3n) is 3.75. The van der Waals surface area contributed by atoms with Crippen molar-refractivity contribution in [3.05, 3.63) is 78.9 Å². The average molecular weight is 436 g/mol. The maximum absolute atomic E-state index is 12.0. The first-order valence-electron chi connectivity index (χ1n) is 8.07. The summed E-state index contributed by atoms with van der Waals surface area (Å²) in [6, 6.07) is 6.47. The molecule has 0 aliphatic rings. The molecule has 0 saturated heterocycles. The van der Waals surface area contributed by atoms with E-state index in [9.17, 15) is 34.6 Å². The quantitative estimate of drug-likeness (QED) is 0.137. The lowest BCUT2D eigenvalue weighted by Gasteiger charge is -2.09. The highest BCUT2D eigenvalue weighted by molar-refractivity contribution is 6.05. The van der Waals surface area contributed by atoms with Gasteiger partial charge in [-0.3, -0.25) is 20.2 Å². The number of carbonyl (C=O) groups excluding carboxylic acids is 1. The SMILES string of the molecule is O=C(OCOOCc1cccc([N+](=O)[O-])c1C(=O)O)c1cccc([N+](=O)[O-])c1C(=O)O. The number of hydrogen-bond donors (Lipinski definition) is 2. The summed E-state index contributed by atoms with van der Waals surface area (Å²) in [6.45, 7) is -1.45. The number of rotatable bonds is 10. The third kappa shape index (κ3) is 5.34. The zero-order chi connectivity index (χ0) is 23.1. The Bertz CT molecular complexity index is 1070. The fourth-order valence-corrected chi connectivity index (χ4v) is 2.49. The first kappa shape index (κ1) is 22.9. The predicted molar refractivity (Wildman–Crippen MR) is 96.3 cm³/mol. The van der Waals surface area contributed by atoms with Gasteiger partial charge in [0.1, 0.15) is 12.2 Å². The highest BCUT2D eigenvalue weighted by Gasteiger charge is 2.28. The van der Waals surface area contributed by atoms with Crippen LogP contribution in [0.25, 0.3) is 0 Å². The van der Waals surface area contributed by atoms with Crippen LogP contribution in [0, 0.1) is 20.2 Å². The van der Waals surface area contributed by atoms with Crippen molar-refractivity contribution >= 4 is 29.3 Å². The number of carboxylic acids is 2. The van der Waals surface area contributed by atoms with Crippen molar-refractivity contribution in [2.24, 2.45) is 0 Å². The van der Waals surface area contributed by atoms with Crippen molar-refractivity contribution < 1.29 is 49.0 Å². The van der Waals surface area contributed by atoms with Crippen LogP contribution < -0.4 is 0 Å². The summed E-state index contributed by atoms with van der Waals surface area (Å²) in [7, 11) is 0. The van der Waals surface area contributed by atoms with Crippen LogP contribution in [-0.4, -0.2) is 44.8 Å². The van der Waals surface area contributed by atoms with E-state index in [-0.39, 0.29) is 5.56 Å². The van der Waals surface area contributed by atoms with Gasteiger partial charge in [-0.15, -0.1) is 0 Å². The molecule has 2 N–H and O–H groups in total. The van der Waals surface area contributed by atoms with E-state index in [4.69, 9.17) is 10.2 Å². The number of carbonyl (C=O) groups is 3. The molecular formula is C17H12N2O12. The van der Waals surface area contributed by atoms with Gasteiger partial charge < -0.3 is 14.9 Å². The number of benzene rings is 2. The third-order valence-corrected chi connectivity index (χ3v) is 3.75. The fraction of sp³-hybridized carbons (Fsp3) is 0.118. The Hall–Kier alpha value is -4.43. The molecule has 14 nitrogen and oxygen atoms in total. The van der Waals surface area contributed by atoms with Gasteiger partial charge in [0.25, 0.3) is 11.4 Å². The number of ether oxygens (including phenoxy) is 1. The first-order chi connectivity index (χ1) is 14.6. The molecule has 0 atom stereocenters. The molecule has 0 heterocycles. The first-order valence-corrected chi connectivity index (χ1v) is 8.07. The molecule has 162 valence electrons. The Morgan fingerprint density at radius 2 is 1.39 bits per heavy atom. The number of esters is 1. The lowest BCUT2D eigenvalue weighted by molar-refractivity contribution is -0.385. The largest absolute Gasteiger partial charge is 0.477 e. The normalized spacial score (nSPS) is 10.3. The Labute approximate surface area is 171 Å².